The van der Waals surface area contributed by atoms with Crippen LogP contribution in [0.4, 0.5) is 13.2 Å². The predicted molar refractivity (Wildman–Crippen MR) is 60.7 cm³/mol. The van der Waals surface area contributed by atoms with Crippen LogP contribution in [0.5, 0.6) is 0 Å². The summed E-state index contributed by atoms with van der Waals surface area (Å²) in [4.78, 5) is 0. The van der Waals surface area contributed by atoms with Gasteiger partial charge in [-0.1, -0.05) is 13.8 Å². The molecule has 0 aliphatic heterocycles. The molecule has 1 aromatic rings. The number of aromatic nitrogens is 2. The second kappa shape index (κ2) is 5.27. The Morgan fingerprint density at radius 3 is 2.50 bits per heavy atom. The van der Waals surface area contributed by atoms with Crippen molar-refractivity contribution in [2.75, 3.05) is 0 Å². The lowest BCUT2D eigenvalue weighted by Gasteiger charge is -2.35. The van der Waals surface area contributed by atoms with Crippen molar-refractivity contribution in [3.8, 4) is 0 Å². The van der Waals surface area contributed by atoms with Crippen molar-refractivity contribution in [1.29, 1.82) is 0 Å². The van der Waals surface area contributed by atoms with E-state index < -0.39 is 17.8 Å². The van der Waals surface area contributed by atoms with Crippen molar-refractivity contribution in [3.63, 3.8) is 0 Å². The van der Waals surface area contributed by atoms with Crippen LogP contribution in [-0.2, 0) is 12.1 Å². The minimum atomic E-state index is -4.84. The number of hydrogen-bond donors (Lipinski definition) is 2. The van der Waals surface area contributed by atoms with Gasteiger partial charge >= 0.3 is 6.18 Å². The van der Waals surface area contributed by atoms with Crippen LogP contribution in [0.15, 0.2) is 12.3 Å². The zero-order valence-corrected chi connectivity index (χ0v) is 10.4. The van der Waals surface area contributed by atoms with Crippen LogP contribution in [0.1, 0.15) is 32.4 Å². The molecule has 0 fully saturated rings. The maximum absolute atomic E-state index is 13.2. The van der Waals surface area contributed by atoms with Crippen LogP contribution >= 0.6 is 0 Å². The zero-order valence-electron chi connectivity index (χ0n) is 10.4. The molecule has 0 aliphatic carbocycles. The molecule has 0 aliphatic rings. The average molecular weight is 265 g/mol. The molecule has 1 heterocycles. The van der Waals surface area contributed by atoms with Gasteiger partial charge in [0, 0.05) is 18.8 Å². The number of rotatable bonds is 5. The van der Waals surface area contributed by atoms with Crippen LogP contribution < -0.4 is 5.73 Å². The number of halogens is 3. The largest absolute Gasteiger partial charge is 0.424 e. The fourth-order valence-corrected chi connectivity index (χ4v) is 1.89. The number of aryl methyl sites for hydroxylation is 1. The summed E-state index contributed by atoms with van der Waals surface area (Å²) < 4.78 is 40.6. The highest BCUT2D eigenvalue weighted by atomic mass is 19.4. The molecule has 0 bridgehead atoms. The highest BCUT2D eigenvalue weighted by molar-refractivity contribution is 5.18. The number of aliphatic hydroxyl groups is 1. The third-order valence-electron chi connectivity index (χ3n) is 2.95. The summed E-state index contributed by atoms with van der Waals surface area (Å²) in [5.74, 6) is 0. The lowest BCUT2D eigenvalue weighted by molar-refractivity contribution is -0.277. The fourth-order valence-electron chi connectivity index (χ4n) is 1.89. The van der Waals surface area contributed by atoms with E-state index in [9.17, 15) is 18.3 Å². The first-order chi connectivity index (χ1) is 8.29. The summed E-state index contributed by atoms with van der Waals surface area (Å²) in [6.45, 7) is 3.62. The van der Waals surface area contributed by atoms with Gasteiger partial charge in [0.25, 0.3) is 0 Å². The van der Waals surface area contributed by atoms with E-state index in [1.165, 1.54) is 19.2 Å². The molecular weight excluding hydrogens is 247 g/mol. The van der Waals surface area contributed by atoms with Crippen molar-refractivity contribution in [3.05, 3.63) is 18.0 Å². The normalized spacial score (nSPS) is 17.5. The van der Waals surface area contributed by atoms with Crippen molar-refractivity contribution in [2.45, 2.75) is 51.1 Å². The van der Waals surface area contributed by atoms with Gasteiger partial charge in [-0.2, -0.15) is 18.3 Å². The third kappa shape index (κ3) is 2.37. The SMILES string of the molecule is CCCn1nccc1C(O)(C(N)CC)C(F)(F)F. The van der Waals surface area contributed by atoms with Gasteiger partial charge in [-0.15, -0.1) is 0 Å². The quantitative estimate of drug-likeness (QED) is 0.853. The number of alkyl halides is 3. The molecule has 0 spiro atoms. The molecule has 0 aromatic carbocycles. The lowest BCUT2D eigenvalue weighted by atomic mass is 9.88. The topological polar surface area (TPSA) is 64.1 Å². The van der Waals surface area contributed by atoms with E-state index in [2.05, 4.69) is 5.10 Å². The van der Waals surface area contributed by atoms with Gasteiger partial charge in [-0.05, 0) is 18.9 Å². The summed E-state index contributed by atoms with van der Waals surface area (Å²) in [6, 6.07) is -0.261. The average Bonchev–Trinajstić information content (AvgIpc) is 2.74. The molecule has 2 unspecified atom stereocenters. The highest BCUT2D eigenvalue weighted by Gasteiger charge is 2.59. The molecule has 4 nitrogen and oxygen atoms in total. The standard InChI is InChI=1S/C11H18F3N3O/c1-3-7-17-9(5-6-16-17)10(18,8(15)4-2)11(12,13)14/h5-6,8,18H,3-4,7,15H2,1-2H3. The maximum Gasteiger partial charge on any atom is 0.424 e. The van der Waals surface area contributed by atoms with Gasteiger partial charge in [0.15, 0.2) is 0 Å². The van der Waals surface area contributed by atoms with E-state index in [4.69, 9.17) is 5.73 Å². The highest BCUT2D eigenvalue weighted by Crippen LogP contribution is 2.41. The Hall–Kier alpha value is -1.08. The molecule has 0 radical (unpaired) electrons. The molecule has 1 aromatic heterocycles. The van der Waals surface area contributed by atoms with E-state index in [-0.39, 0.29) is 12.1 Å². The van der Waals surface area contributed by atoms with Gasteiger partial charge in [0.1, 0.15) is 0 Å². The van der Waals surface area contributed by atoms with E-state index in [1.807, 2.05) is 6.92 Å². The first-order valence-corrected chi connectivity index (χ1v) is 5.86. The smallest absolute Gasteiger partial charge is 0.374 e. The number of hydrogen-bond acceptors (Lipinski definition) is 3. The second-order valence-electron chi connectivity index (χ2n) is 4.22. The third-order valence-corrected chi connectivity index (χ3v) is 2.95. The van der Waals surface area contributed by atoms with Crippen LogP contribution in [0.25, 0.3) is 0 Å². The van der Waals surface area contributed by atoms with Crippen LogP contribution in [0.2, 0.25) is 0 Å². The summed E-state index contributed by atoms with van der Waals surface area (Å²) in [6.07, 6.45) is -2.98. The lowest BCUT2D eigenvalue weighted by Crippen LogP contribution is -2.56. The Bertz CT molecular complexity index is 391. The summed E-state index contributed by atoms with van der Waals surface area (Å²) in [5, 5.41) is 13.9. The molecule has 104 valence electrons. The van der Waals surface area contributed by atoms with Crippen LogP contribution in [-0.4, -0.2) is 27.1 Å². The monoisotopic (exact) mass is 265 g/mol. The Kier molecular flexibility index (Phi) is 4.39. The fraction of sp³-hybridized carbons (Fsp3) is 0.727. The van der Waals surface area contributed by atoms with Crippen molar-refractivity contribution in [2.24, 2.45) is 5.73 Å². The molecule has 3 N–H and O–H groups in total. The Balaban J connectivity index is 3.31. The summed E-state index contributed by atoms with van der Waals surface area (Å²) >= 11 is 0. The summed E-state index contributed by atoms with van der Waals surface area (Å²) in [5.41, 5.74) is 2.12. The van der Waals surface area contributed by atoms with E-state index in [1.54, 1.807) is 0 Å². The Morgan fingerprint density at radius 1 is 1.44 bits per heavy atom. The number of nitrogens with two attached hydrogens (primary N) is 1. The molecular formula is C11H18F3N3O. The van der Waals surface area contributed by atoms with E-state index >= 15 is 0 Å². The first-order valence-electron chi connectivity index (χ1n) is 5.86. The maximum atomic E-state index is 13.2. The Morgan fingerprint density at radius 2 is 2.06 bits per heavy atom. The zero-order chi connectivity index (χ0) is 14.0. The summed E-state index contributed by atoms with van der Waals surface area (Å²) in [7, 11) is 0. The molecule has 7 heteroatoms. The molecule has 0 amide bonds. The van der Waals surface area contributed by atoms with Crippen molar-refractivity contribution < 1.29 is 18.3 Å². The van der Waals surface area contributed by atoms with Gasteiger partial charge < -0.3 is 10.8 Å². The van der Waals surface area contributed by atoms with E-state index in [0.29, 0.717) is 13.0 Å². The van der Waals surface area contributed by atoms with E-state index in [0.717, 1.165) is 4.68 Å². The van der Waals surface area contributed by atoms with Crippen LogP contribution in [0.3, 0.4) is 0 Å². The minimum absolute atomic E-state index is 0.00726. The molecule has 0 saturated carbocycles. The minimum Gasteiger partial charge on any atom is -0.374 e. The van der Waals surface area contributed by atoms with Gasteiger partial charge in [-0.25, -0.2) is 0 Å². The molecule has 1 rings (SSSR count). The number of nitrogens with zero attached hydrogens (tertiary/aromatic N) is 2. The van der Waals surface area contributed by atoms with Crippen LogP contribution in [0, 0.1) is 0 Å². The first kappa shape index (κ1) is 15.0. The van der Waals surface area contributed by atoms with Crippen molar-refractivity contribution >= 4 is 0 Å². The molecule has 18 heavy (non-hydrogen) atoms. The molecule has 2 atom stereocenters. The predicted octanol–water partition coefficient (Wildman–Crippen LogP) is 1.78. The van der Waals surface area contributed by atoms with Crippen molar-refractivity contribution in [1.82, 2.24) is 9.78 Å². The van der Waals surface area contributed by atoms with Gasteiger partial charge in [0.2, 0.25) is 5.60 Å². The molecule has 0 saturated heterocycles. The van der Waals surface area contributed by atoms with Gasteiger partial charge in [0.05, 0.1) is 5.69 Å². The second-order valence-corrected chi connectivity index (χ2v) is 4.22. The Labute approximate surface area is 104 Å². The van der Waals surface area contributed by atoms with Gasteiger partial charge in [-0.3, -0.25) is 4.68 Å².